The smallest absolute Gasteiger partial charge is 0.306 e. The summed E-state index contributed by atoms with van der Waals surface area (Å²) in [4.78, 5) is 10.9. The van der Waals surface area contributed by atoms with Crippen LogP contribution in [0.1, 0.15) is 23.6 Å². The van der Waals surface area contributed by atoms with E-state index in [9.17, 15) is 4.79 Å². The van der Waals surface area contributed by atoms with Gasteiger partial charge in [-0.2, -0.15) is 0 Å². The summed E-state index contributed by atoms with van der Waals surface area (Å²) < 4.78 is 0. The number of hydrogen-bond donors (Lipinski definition) is 2. The van der Waals surface area contributed by atoms with Gasteiger partial charge in [0.25, 0.3) is 0 Å². The van der Waals surface area contributed by atoms with Crippen LogP contribution in [-0.2, 0) is 11.2 Å². The van der Waals surface area contributed by atoms with E-state index in [1.807, 2.05) is 0 Å². The van der Waals surface area contributed by atoms with E-state index in [1.54, 1.807) is 12.1 Å². The Kier molecular flexibility index (Phi) is 3.10. The molecule has 0 amide bonds. The number of hydrogen-bond acceptors (Lipinski definition) is 2. The number of halogens is 2. The second kappa shape index (κ2) is 4.24. The summed E-state index contributed by atoms with van der Waals surface area (Å²) in [6.45, 7) is 0. The lowest BCUT2D eigenvalue weighted by Gasteiger charge is -2.27. The lowest BCUT2D eigenvalue weighted by atomic mass is 9.81. The summed E-state index contributed by atoms with van der Waals surface area (Å²) in [5.74, 6) is -1.24. The van der Waals surface area contributed by atoms with Gasteiger partial charge in [0.15, 0.2) is 0 Å². The van der Waals surface area contributed by atoms with Gasteiger partial charge in [-0.3, -0.25) is 4.79 Å². The minimum atomic E-state index is -0.813. The Morgan fingerprint density at radius 2 is 2.00 bits per heavy atom. The maximum atomic E-state index is 10.9. The van der Waals surface area contributed by atoms with Gasteiger partial charge in [-0.15, -0.1) is 0 Å². The highest BCUT2D eigenvalue weighted by atomic mass is 35.5. The summed E-state index contributed by atoms with van der Waals surface area (Å²) in [7, 11) is 0. The van der Waals surface area contributed by atoms with E-state index < -0.39 is 11.9 Å². The zero-order valence-electron chi connectivity index (χ0n) is 8.41. The van der Waals surface area contributed by atoms with Gasteiger partial charge in [-0.1, -0.05) is 23.2 Å². The molecule has 1 aliphatic rings. The van der Waals surface area contributed by atoms with Gasteiger partial charge in [-0.25, -0.2) is 0 Å². The average Bonchev–Trinajstić information content (AvgIpc) is 2.20. The van der Waals surface area contributed by atoms with Crippen molar-refractivity contribution in [3.63, 3.8) is 0 Å². The van der Waals surface area contributed by atoms with Crippen molar-refractivity contribution in [2.24, 2.45) is 11.7 Å². The zero-order valence-corrected chi connectivity index (χ0v) is 9.92. The van der Waals surface area contributed by atoms with Crippen LogP contribution in [0.25, 0.3) is 0 Å². The number of carboxylic acids is 1. The highest BCUT2D eigenvalue weighted by molar-refractivity contribution is 6.42. The Morgan fingerprint density at radius 1 is 1.38 bits per heavy atom. The first kappa shape index (κ1) is 11.7. The van der Waals surface area contributed by atoms with Crippen LogP contribution in [0.5, 0.6) is 0 Å². The van der Waals surface area contributed by atoms with Gasteiger partial charge in [0.05, 0.1) is 16.0 Å². The summed E-state index contributed by atoms with van der Waals surface area (Å²) in [5, 5.41) is 9.90. The second-order valence-electron chi connectivity index (χ2n) is 4.05. The molecule has 16 heavy (non-hydrogen) atoms. The number of carboxylic acid groups (broad SMARTS) is 1. The Labute approximate surface area is 103 Å². The summed E-state index contributed by atoms with van der Waals surface area (Å²) in [5.41, 5.74) is 7.73. The molecule has 86 valence electrons. The fourth-order valence-corrected chi connectivity index (χ4v) is 2.45. The van der Waals surface area contributed by atoms with Crippen molar-refractivity contribution < 1.29 is 9.90 Å². The van der Waals surface area contributed by atoms with Crippen LogP contribution in [0.15, 0.2) is 12.1 Å². The maximum Gasteiger partial charge on any atom is 0.306 e. The lowest BCUT2D eigenvalue weighted by molar-refractivity contribution is -0.142. The number of aliphatic carboxylic acids is 1. The molecule has 0 saturated heterocycles. The molecule has 2 atom stereocenters. The molecule has 3 N–H and O–H groups in total. The van der Waals surface area contributed by atoms with E-state index in [0.717, 1.165) is 11.1 Å². The van der Waals surface area contributed by atoms with Crippen molar-refractivity contribution in [3.05, 3.63) is 33.3 Å². The molecule has 0 aliphatic heterocycles. The molecule has 0 unspecified atom stereocenters. The molecule has 0 spiro atoms. The molecular weight excluding hydrogens is 249 g/mol. The van der Waals surface area contributed by atoms with Crippen LogP contribution in [-0.4, -0.2) is 11.1 Å². The van der Waals surface area contributed by atoms with E-state index in [-0.39, 0.29) is 6.04 Å². The number of benzene rings is 1. The fourth-order valence-electron chi connectivity index (χ4n) is 2.10. The molecule has 5 heteroatoms. The van der Waals surface area contributed by atoms with Crippen molar-refractivity contribution in [1.29, 1.82) is 0 Å². The topological polar surface area (TPSA) is 63.3 Å². The van der Waals surface area contributed by atoms with Gasteiger partial charge in [0.2, 0.25) is 0 Å². The first-order valence-corrected chi connectivity index (χ1v) is 5.71. The van der Waals surface area contributed by atoms with Crippen molar-refractivity contribution in [1.82, 2.24) is 0 Å². The SMILES string of the molecule is N[C@H]1C[C@@H](C(=O)O)Cc2cc(Cl)c(Cl)cc21. The molecule has 1 aromatic carbocycles. The van der Waals surface area contributed by atoms with Crippen LogP contribution in [0, 0.1) is 5.92 Å². The van der Waals surface area contributed by atoms with Gasteiger partial charge >= 0.3 is 5.97 Å². The first-order chi connectivity index (χ1) is 7.49. The first-order valence-electron chi connectivity index (χ1n) is 4.95. The van der Waals surface area contributed by atoms with Crippen LogP contribution in [0.2, 0.25) is 10.0 Å². The predicted molar refractivity (Wildman–Crippen MR) is 62.8 cm³/mol. The van der Waals surface area contributed by atoms with Crippen molar-refractivity contribution in [2.75, 3.05) is 0 Å². The third kappa shape index (κ3) is 2.03. The fraction of sp³-hybridized carbons (Fsp3) is 0.364. The molecule has 0 aromatic heterocycles. The van der Waals surface area contributed by atoms with Gasteiger partial charge in [-0.05, 0) is 36.1 Å². The van der Waals surface area contributed by atoms with Gasteiger partial charge in [0, 0.05) is 6.04 Å². The highest BCUT2D eigenvalue weighted by Gasteiger charge is 2.29. The van der Waals surface area contributed by atoms with E-state index in [0.29, 0.717) is 22.9 Å². The maximum absolute atomic E-state index is 10.9. The molecule has 0 heterocycles. The third-order valence-electron chi connectivity index (χ3n) is 2.94. The summed E-state index contributed by atoms with van der Waals surface area (Å²) >= 11 is 11.8. The molecule has 0 fully saturated rings. The van der Waals surface area contributed by atoms with Crippen LogP contribution >= 0.6 is 23.2 Å². The monoisotopic (exact) mass is 259 g/mol. The largest absolute Gasteiger partial charge is 0.481 e. The summed E-state index contributed by atoms with van der Waals surface area (Å²) in [6, 6.07) is 3.18. The molecule has 1 aromatic rings. The van der Waals surface area contributed by atoms with Crippen LogP contribution in [0.3, 0.4) is 0 Å². The van der Waals surface area contributed by atoms with E-state index in [4.69, 9.17) is 34.0 Å². The Hall–Kier alpha value is -0.770. The molecule has 0 bridgehead atoms. The molecule has 1 aliphatic carbocycles. The van der Waals surface area contributed by atoms with Gasteiger partial charge in [0.1, 0.15) is 0 Å². The number of fused-ring (bicyclic) bond motifs is 1. The normalized spacial score (nSPS) is 23.9. The minimum absolute atomic E-state index is 0.278. The van der Waals surface area contributed by atoms with Crippen LogP contribution in [0.4, 0.5) is 0 Å². The molecular formula is C11H11Cl2NO2. The second-order valence-corrected chi connectivity index (χ2v) is 4.86. The van der Waals surface area contributed by atoms with E-state index in [2.05, 4.69) is 0 Å². The number of carbonyl (C=O) groups is 1. The van der Waals surface area contributed by atoms with Crippen LogP contribution < -0.4 is 5.73 Å². The lowest BCUT2D eigenvalue weighted by Crippen LogP contribution is -2.28. The van der Waals surface area contributed by atoms with E-state index in [1.165, 1.54) is 0 Å². The molecule has 0 saturated carbocycles. The van der Waals surface area contributed by atoms with Crippen molar-refractivity contribution in [2.45, 2.75) is 18.9 Å². The molecule has 2 rings (SSSR count). The Bertz CT molecular complexity index is 448. The van der Waals surface area contributed by atoms with Crippen molar-refractivity contribution in [3.8, 4) is 0 Å². The summed E-state index contributed by atoms with van der Waals surface area (Å²) in [6.07, 6.45) is 0.912. The van der Waals surface area contributed by atoms with Gasteiger partial charge < -0.3 is 10.8 Å². The standard InChI is InChI=1S/C11H11Cl2NO2/c12-8-2-5-1-6(11(15)16)3-10(14)7(5)4-9(8)13/h2,4,6,10H,1,3,14H2,(H,15,16)/t6-,10-/m0/s1. The Balaban J connectivity index is 2.42. The molecule has 3 nitrogen and oxygen atoms in total. The minimum Gasteiger partial charge on any atom is -0.481 e. The zero-order chi connectivity index (χ0) is 11.9. The predicted octanol–water partition coefficient (Wildman–Crippen LogP) is 2.64. The van der Waals surface area contributed by atoms with Crippen molar-refractivity contribution >= 4 is 29.2 Å². The Morgan fingerprint density at radius 3 is 2.62 bits per heavy atom. The average molecular weight is 260 g/mol. The third-order valence-corrected chi connectivity index (χ3v) is 3.66. The molecule has 0 radical (unpaired) electrons. The number of nitrogens with two attached hydrogens (primary N) is 1. The highest BCUT2D eigenvalue weighted by Crippen LogP contribution is 2.36. The van der Waals surface area contributed by atoms with E-state index >= 15 is 0 Å². The number of rotatable bonds is 1. The quantitative estimate of drug-likeness (QED) is 0.815.